The normalized spacial score (nSPS) is 13.8. The third-order valence-electron chi connectivity index (χ3n) is 2.83. The second-order valence-electron chi connectivity index (χ2n) is 4.33. The lowest BCUT2D eigenvalue weighted by atomic mass is 10.3. The van der Waals surface area contributed by atoms with Crippen molar-refractivity contribution >= 4 is 11.9 Å². The summed E-state index contributed by atoms with van der Waals surface area (Å²) in [5.41, 5.74) is -0.192. The van der Waals surface area contributed by atoms with E-state index < -0.39 is 5.97 Å². The molecule has 1 heterocycles. The molecular formula is C11H13N5O3. The van der Waals surface area contributed by atoms with Gasteiger partial charge in [0.2, 0.25) is 5.91 Å². The molecule has 0 bridgehead atoms. The third kappa shape index (κ3) is 3.28. The van der Waals surface area contributed by atoms with Crippen LogP contribution in [0.15, 0.2) is 6.20 Å². The lowest BCUT2D eigenvalue weighted by molar-refractivity contribution is -0.132. The van der Waals surface area contributed by atoms with Gasteiger partial charge in [0.25, 0.3) is 0 Å². The van der Waals surface area contributed by atoms with Crippen molar-refractivity contribution in [1.29, 1.82) is 5.26 Å². The molecule has 0 unspecified atom stereocenters. The molecular weight excluding hydrogens is 250 g/mol. The molecule has 19 heavy (non-hydrogen) atoms. The topological polar surface area (TPSA) is 112 Å². The molecule has 1 saturated carbocycles. The van der Waals surface area contributed by atoms with E-state index in [1.807, 2.05) is 6.07 Å². The molecule has 100 valence electrons. The smallest absolute Gasteiger partial charge is 0.358 e. The first-order valence-electron chi connectivity index (χ1n) is 5.91. The average molecular weight is 263 g/mol. The van der Waals surface area contributed by atoms with Gasteiger partial charge < -0.3 is 10.0 Å². The number of carboxylic acids is 1. The van der Waals surface area contributed by atoms with Crippen molar-refractivity contribution in [3.63, 3.8) is 0 Å². The molecule has 1 aromatic rings. The zero-order chi connectivity index (χ0) is 13.8. The Morgan fingerprint density at radius 3 is 2.84 bits per heavy atom. The maximum absolute atomic E-state index is 12.1. The van der Waals surface area contributed by atoms with Gasteiger partial charge in [-0.15, -0.1) is 5.10 Å². The highest BCUT2D eigenvalue weighted by atomic mass is 16.4. The fourth-order valence-electron chi connectivity index (χ4n) is 1.77. The van der Waals surface area contributed by atoms with Crippen molar-refractivity contribution in [2.24, 2.45) is 0 Å². The SMILES string of the molecule is N#CCCN(C(=O)Cn1cc(C(=O)O)nn1)C1CC1. The Hall–Kier alpha value is -2.43. The Bertz CT molecular complexity index is 529. The molecule has 1 fully saturated rings. The van der Waals surface area contributed by atoms with Crippen molar-refractivity contribution < 1.29 is 14.7 Å². The van der Waals surface area contributed by atoms with Gasteiger partial charge in [-0.05, 0) is 12.8 Å². The molecule has 0 aromatic carbocycles. The average Bonchev–Trinajstić information content (AvgIpc) is 3.09. The summed E-state index contributed by atoms with van der Waals surface area (Å²) >= 11 is 0. The number of carbonyl (C=O) groups excluding carboxylic acids is 1. The Morgan fingerprint density at radius 1 is 1.58 bits per heavy atom. The van der Waals surface area contributed by atoms with Gasteiger partial charge in [0.05, 0.1) is 18.7 Å². The highest BCUT2D eigenvalue weighted by Gasteiger charge is 2.32. The van der Waals surface area contributed by atoms with Gasteiger partial charge >= 0.3 is 5.97 Å². The second-order valence-corrected chi connectivity index (χ2v) is 4.33. The summed E-state index contributed by atoms with van der Waals surface area (Å²) in [6.45, 7) is 0.350. The first-order valence-corrected chi connectivity index (χ1v) is 5.91. The van der Waals surface area contributed by atoms with Crippen LogP contribution in [0.5, 0.6) is 0 Å². The number of hydrogen-bond acceptors (Lipinski definition) is 5. The van der Waals surface area contributed by atoms with Crippen LogP contribution >= 0.6 is 0 Å². The summed E-state index contributed by atoms with van der Waals surface area (Å²) in [5.74, 6) is -1.35. The van der Waals surface area contributed by atoms with E-state index in [-0.39, 0.29) is 24.2 Å². The van der Waals surface area contributed by atoms with E-state index >= 15 is 0 Å². The first-order chi connectivity index (χ1) is 9.11. The van der Waals surface area contributed by atoms with Crippen LogP contribution in [0.25, 0.3) is 0 Å². The van der Waals surface area contributed by atoms with Gasteiger partial charge in [0.1, 0.15) is 6.54 Å². The maximum Gasteiger partial charge on any atom is 0.358 e. The standard InChI is InChI=1S/C11H13N5O3/c12-4-1-5-16(8-2-3-8)10(17)7-15-6-9(11(18)19)13-14-15/h6,8H,1-3,5,7H2,(H,18,19). The maximum atomic E-state index is 12.1. The van der Waals surface area contributed by atoms with E-state index in [2.05, 4.69) is 10.3 Å². The number of carbonyl (C=O) groups is 2. The van der Waals surface area contributed by atoms with Crippen molar-refractivity contribution in [2.45, 2.75) is 31.8 Å². The van der Waals surface area contributed by atoms with Gasteiger partial charge in [0.15, 0.2) is 5.69 Å². The molecule has 8 nitrogen and oxygen atoms in total. The Kier molecular flexibility index (Phi) is 3.75. The zero-order valence-electron chi connectivity index (χ0n) is 10.2. The minimum absolute atomic E-state index is 0.0534. The second kappa shape index (κ2) is 5.48. The number of rotatable bonds is 6. The molecule has 1 amide bonds. The van der Waals surface area contributed by atoms with Crippen molar-refractivity contribution in [2.75, 3.05) is 6.54 Å². The van der Waals surface area contributed by atoms with E-state index in [0.29, 0.717) is 13.0 Å². The predicted molar refractivity (Wildman–Crippen MR) is 61.9 cm³/mol. The molecule has 1 aromatic heterocycles. The summed E-state index contributed by atoms with van der Waals surface area (Å²) in [6, 6.07) is 2.22. The van der Waals surface area contributed by atoms with Crippen LogP contribution in [-0.2, 0) is 11.3 Å². The number of hydrogen-bond donors (Lipinski definition) is 1. The summed E-state index contributed by atoms with van der Waals surface area (Å²) in [5, 5.41) is 24.3. The van der Waals surface area contributed by atoms with Gasteiger partial charge in [-0.2, -0.15) is 5.26 Å². The summed E-state index contributed by atoms with van der Waals surface area (Å²) in [7, 11) is 0. The van der Waals surface area contributed by atoms with E-state index in [1.54, 1.807) is 4.90 Å². The Morgan fingerprint density at radius 2 is 2.32 bits per heavy atom. The highest BCUT2D eigenvalue weighted by molar-refractivity contribution is 5.84. The molecule has 0 atom stereocenters. The predicted octanol–water partition coefficient (Wildman–Crippen LogP) is -0.119. The van der Waals surface area contributed by atoms with Crippen molar-refractivity contribution in [1.82, 2.24) is 19.9 Å². The number of aromatic nitrogens is 3. The summed E-state index contributed by atoms with van der Waals surface area (Å²) in [6.07, 6.45) is 3.42. The highest BCUT2D eigenvalue weighted by Crippen LogP contribution is 2.27. The quantitative estimate of drug-likeness (QED) is 0.765. The third-order valence-corrected chi connectivity index (χ3v) is 2.83. The Balaban J connectivity index is 1.97. The molecule has 8 heteroatoms. The summed E-state index contributed by atoms with van der Waals surface area (Å²) < 4.78 is 1.20. The fraction of sp³-hybridized carbons (Fsp3) is 0.545. The molecule has 0 radical (unpaired) electrons. The van der Waals surface area contributed by atoms with Crippen LogP contribution in [0.4, 0.5) is 0 Å². The van der Waals surface area contributed by atoms with Gasteiger partial charge in [0, 0.05) is 12.6 Å². The van der Waals surface area contributed by atoms with Gasteiger partial charge in [-0.3, -0.25) is 4.79 Å². The van der Waals surface area contributed by atoms with E-state index in [0.717, 1.165) is 12.8 Å². The van der Waals surface area contributed by atoms with E-state index in [1.165, 1.54) is 10.9 Å². The van der Waals surface area contributed by atoms with Crippen molar-refractivity contribution in [3.05, 3.63) is 11.9 Å². The van der Waals surface area contributed by atoms with Crippen LogP contribution < -0.4 is 0 Å². The van der Waals surface area contributed by atoms with Crippen LogP contribution in [-0.4, -0.2) is 49.5 Å². The van der Waals surface area contributed by atoms with Crippen molar-refractivity contribution in [3.8, 4) is 6.07 Å². The fourth-order valence-corrected chi connectivity index (χ4v) is 1.77. The summed E-state index contributed by atoms with van der Waals surface area (Å²) in [4.78, 5) is 24.4. The molecule has 1 aliphatic carbocycles. The van der Waals surface area contributed by atoms with Gasteiger partial charge in [-0.25, -0.2) is 9.48 Å². The van der Waals surface area contributed by atoms with Crippen LogP contribution in [0.2, 0.25) is 0 Å². The number of aromatic carboxylic acids is 1. The monoisotopic (exact) mass is 263 g/mol. The molecule has 1 aliphatic rings. The Labute approximate surface area is 109 Å². The molecule has 0 aliphatic heterocycles. The number of nitriles is 1. The van der Waals surface area contributed by atoms with Crippen LogP contribution in [0, 0.1) is 11.3 Å². The molecule has 2 rings (SSSR count). The van der Waals surface area contributed by atoms with Gasteiger partial charge in [-0.1, -0.05) is 5.21 Å². The molecule has 1 N–H and O–H groups in total. The molecule has 0 saturated heterocycles. The minimum atomic E-state index is -1.18. The zero-order valence-corrected chi connectivity index (χ0v) is 10.2. The lowest BCUT2D eigenvalue weighted by Crippen LogP contribution is -2.36. The molecule has 0 spiro atoms. The number of carboxylic acid groups (broad SMARTS) is 1. The van der Waals surface area contributed by atoms with E-state index in [9.17, 15) is 9.59 Å². The largest absolute Gasteiger partial charge is 0.476 e. The van der Waals surface area contributed by atoms with Crippen LogP contribution in [0.3, 0.4) is 0 Å². The lowest BCUT2D eigenvalue weighted by Gasteiger charge is -2.20. The van der Waals surface area contributed by atoms with Crippen LogP contribution in [0.1, 0.15) is 29.8 Å². The number of nitrogens with zero attached hydrogens (tertiary/aromatic N) is 5. The first kappa shape index (κ1) is 13.0. The van der Waals surface area contributed by atoms with E-state index in [4.69, 9.17) is 10.4 Å². The number of amides is 1. The minimum Gasteiger partial charge on any atom is -0.476 e.